The Morgan fingerprint density at radius 1 is 1.21 bits per heavy atom. The Kier molecular flexibility index (Phi) is 8.16. The van der Waals surface area contributed by atoms with Crippen molar-refractivity contribution in [2.24, 2.45) is 11.5 Å². The molecule has 0 fully saturated rings. The SMILES string of the molecule is Cc1cccc([C@@H](N)CN)c1C.Cl.Cl. The van der Waals surface area contributed by atoms with Crippen molar-refractivity contribution in [1.29, 1.82) is 0 Å². The van der Waals surface area contributed by atoms with E-state index < -0.39 is 0 Å². The van der Waals surface area contributed by atoms with Gasteiger partial charge in [-0.2, -0.15) is 0 Å². The molecule has 0 bridgehead atoms. The fraction of sp³-hybridized carbons (Fsp3) is 0.400. The number of hydrogen-bond donors (Lipinski definition) is 2. The number of benzene rings is 1. The summed E-state index contributed by atoms with van der Waals surface area (Å²) in [5, 5.41) is 0. The van der Waals surface area contributed by atoms with Gasteiger partial charge >= 0.3 is 0 Å². The van der Waals surface area contributed by atoms with Crippen molar-refractivity contribution in [2.75, 3.05) is 6.54 Å². The minimum Gasteiger partial charge on any atom is -0.329 e. The van der Waals surface area contributed by atoms with Crippen LogP contribution in [0.15, 0.2) is 18.2 Å². The lowest BCUT2D eigenvalue weighted by atomic mass is 9.98. The lowest BCUT2D eigenvalue weighted by Gasteiger charge is -2.13. The highest BCUT2D eigenvalue weighted by Crippen LogP contribution is 2.17. The van der Waals surface area contributed by atoms with Gasteiger partial charge in [-0.05, 0) is 30.5 Å². The summed E-state index contributed by atoms with van der Waals surface area (Å²) in [4.78, 5) is 0. The zero-order chi connectivity index (χ0) is 9.14. The summed E-state index contributed by atoms with van der Waals surface area (Å²) in [6, 6.07) is 6.12. The lowest BCUT2D eigenvalue weighted by Crippen LogP contribution is -2.21. The molecule has 0 radical (unpaired) electrons. The fourth-order valence-corrected chi connectivity index (χ4v) is 1.30. The predicted octanol–water partition coefficient (Wildman–Crippen LogP) is 2.11. The molecule has 1 aromatic carbocycles. The predicted molar refractivity (Wildman–Crippen MR) is 66.4 cm³/mol. The van der Waals surface area contributed by atoms with Gasteiger partial charge in [0, 0.05) is 12.6 Å². The first-order chi connectivity index (χ1) is 5.66. The second-order valence-corrected chi connectivity index (χ2v) is 3.13. The largest absolute Gasteiger partial charge is 0.329 e. The van der Waals surface area contributed by atoms with Crippen LogP contribution in [0.1, 0.15) is 22.7 Å². The molecule has 0 saturated carbocycles. The molecule has 1 atom stereocenters. The fourth-order valence-electron chi connectivity index (χ4n) is 1.30. The molecule has 2 nitrogen and oxygen atoms in total. The zero-order valence-electron chi connectivity index (χ0n) is 8.49. The Labute approximate surface area is 97.9 Å². The van der Waals surface area contributed by atoms with Crippen LogP contribution in [0.25, 0.3) is 0 Å². The summed E-state index contributed by atoms with van der Waals surface area (Å²) in [7, 11) is 0. The van der Waals surface area contributed by atoms with E-state index in [-0.39, 0.29) is 30.9 Å². The van der Waals surface area contributed by atoms with Gasteiger partial charge in [-0.15, -0.1) is 24.8 Å². The van der Waals surface area contributed by atoms with Gasteiger partial charge in [-0.1, -0.05) is 18.2 Å². The van der Waals surface area contributed by atoms with Crippen molar-refractivity contribution in [1.82, 2.24) is 0 Å². The molecule has 1 rings (SSSR count). The maximum Gasteiger partial charge on any atom is 0.0422 e. The molecule has 0 saturated heterocycles. The number of hydrogen-bond acceptors (Lipinski definition) is 2. The van der Waals surface area contributed by atoms with Crippen LogP contribution >= 0.6 is 24.8 Å². The molecule has 1 aromatic rings. The van der Waals surface area contributed by atoms with Crippen LogP contribution in [0.4, 0.5) is 0 Å². The first kappa shape index (κ1) is 16.2. The maximum atomic E-state index is 5.84. The molecule has 0 spiro atoms. The normalized spacial score (nSPS) is 11.1. The highest BCUT2D eigenvalue weighted by molar-refractivity contribution is 5.85. The number of aryl methyl sites for hydroxylation is 1. The Morgan fingerprint density at radius 2 is 1.79 bits per heavy atom. The van der Waals surface area contributed by atoms with E-state index in [1.807, 2.05) is 12.1 Å². The van der Waals surface area contributed by atoms with E-state index in [9.17, 15) is 0 Å². The van der Waals surface area contributed by atoms with Crippen LogP contribution in [-0.2, 0) is 0 Å². The average molecular weight is 237 g/mol. The standard InChI is InChI=1S/C10H16N2.2ClH/c1-7-4-3-5-9(8(7)2)10(12)6-11;;/h3-5,10H,6,11-12H2,1-2H3;2*1H/t10-;;/m0../s1. The second-order valence-electron chi connectivity index (χ2n) is 3.13. The van der Waals surface area contributed by atoms with E-state index in [0.29, 0.717) is 6.54 Å². The van der Waals surface area contributed by atoms with E-state index in [0.717, 1.165) is 5.56 Å². The van der Waals surface area contributed by atoms with Gasteiger partial charge < -0.3 is 11.5 Å². The molecule has 0 aliphatic rings. The van der Waals surface area contributed by atoms with Crippen LogP contribution in [0, 0.1) is 13.8 Å². The van der Waals surface area contributed by atoms with E-state index in [4.69, 9.17) is 11.5 Å². The van der Waals surface area contributed by atoms with Crippen LogP contribution in [0.5, 0.6) is 0 Å². The summed E-state index contributed by atoms with van der Waals surface area (Å²) < 4.78 is 0. The molecule has 14 heavy (non-hydrogen) atoms. The van der Waals surface area contributed by atoms with Gasteiger partial charge in [0.25, 0.3) is 0 Å². The molecule has 0 unspecified atom stereocenters. The molecule has 0 aromatic heterocycles. The Morgan fingerprint density at radius 3 is 2.29 bits per heavy atom. The highest BCUT2D eigenvalue weighted by atomic mass is 35.5. The summed E-state index contributed by atoms with van der Waals surface area (Å²) in [5.74, 6) is 0. The number of rotatable bonds is 2. The molecule has 0 heterocycles. The quantitative estimate of drug-likeness (QED) is 0.827. The van der Waals surface area contributed by atoms with Crippen LogP contribution in [-0.4, -0.2) is 6.54 Å². The van der Waals surface area contributed by atoms with Crippen molar-refractivity contribution >= 4 is 24.8 Å². The third kappa shape index (κ3) is 3.46. The topological polar surface area (TPSA) is 52.0 Å². The lowest BCUT2D eigenvalue weighted by molar-refractivity contribution is 0.730. The van der Waals surface area contributed by atoms with Gasteiger partial charge in [0.2, 0.25) is 0 Å². The smallest absolute Gasteiger partial charge is 0.0422 e. The zero-order valence-corrected chi connectivity index (χ0v) is 10.1. The second kappa shape index (κ2) is 7.07. The van der Waals surface area contributed by atoms with Gasteiger partial charge in [0.15, 0.2) is 0 Å². The van der Waals surface area contributed by atoms with E-state index in [1.165, 1.54) is 11.1 Å². The highest BCUT2D eigenvalue weighted by Gasteiger charge is 2.06. The molecule has 0 aliphatic carbocycles. The monoisotopic (exact) mass is 236 g/mol. The summed E-state index contributed by atoms with van der Waals surface area (Å²) >= 11 is 0. The van der Waals surface area contributed by atoms with Crippen molar-refractivity contribution in [3.8, 4) is 0 Å². The molecule has 0 amide bonds. The third-order valence-electron chi connectivity index (χ3n) is 2.30. The minimum atomic E-state index is -0.0232. The van der Waals surface area contributed by atoms with E-state index in [2.05, 4.69) is 19.9 Å². The summed E-state index contributed by atoms with van der Waals surface area (Å²) in [6.07, 6.45) is 0. The molecule has 4 heteroatoms. The van der Waals surface area contributed by atoms with Gasteiger partial charge in [0.1, 0.15) is 0 Å². The van der Waals surface area contributed by atoms with E-state index >= 15 is 0 Å². The Bertz CT molecular complexity index is 277. The van der Waals surface area contributed by atoms with Crippen LogP contribution in [0.2, 0.25) is 0 Å². The molecule has 4 N–H and O–H groups in total. The van der Waals surface area contributed by atoms with E-state index in [1.54, 1.807) is 0 Å². The van der Waals surface area contributed by atoms with Crippen LogP contribution < -0.4 is 11.5 Å². The minimum absolute atomic E-state index is 0. The molecular weight excluding hydrogens is 219 g/mol. The van der Waals surface area contributed by atoms with Crippen molar-refractivity contribution in [3.63, 3.8) is 0 Å². The van der Waals surface area contributed by atoms with Gasteiger partial charge in [0.05, 0.1) is 0 Å². The first-order valence-electron chi connectivity index (χ1n) is 4.18. The number of halogens is 2. The Hall–Kier alpha value is -0.280. The summed E-state index contributed by atoms with van der Waals surface area (Å²) in [6.45, 7) is 4.67. The maximum absolute atomic E-state index is 5.84. The average Bonchev–Trinajstić information content (AvgIpc) is 2.08. The number of nitrogens with two attached hydrogens (primary N) is 2. The van der Waals surface area contributed by atoms with Crippen molar-refractivity contribution in [3.05, 3.63) is 34.9 Å². The molecule has 82 valence electrons. The van der Waals surface area contributed by atoms with Gasteiger partial charge in [-0.3, -0.25) is 0 Å². The van der Waals surface area contributed by atoms with Crippen LogP contribution in [0.3, 0.4) is 0 Å². The molecule has 0 aliphatic heterocycles. The molecular formula is C10H18Cl2N2. The van der Waals surface area contributed by atoms with Crippen molar-refractivity contribution in [2.45, 2.75) is 19.9 Å². The van der Waals surface area contributed by atoms with Gasteiger partial charge in [-0.25, -0.2) is 0 Å². The summed E-state index contributed by atoms with van der Waals surface area (Å²) in [5.41, 5.74) is 15.0. The Balaban J connectivity index is 0. The third-order valence-corrected chi connectivity index (χ3v) is 2.30. The van der Waals surface area contributed by atoms with Crippen molar-refractivity contribution < 1.29 is 0 Å². The first-order valence-corrected chi connectivity index (χ1v) is 4.18.